The molecule has 6 nitrogen and oxygen atoms in total. The van der Waals surface area contributed by atoms with E-state index in [1.807, 2.05) is 56.3 Å². The van der Waals surface area contributed by atoms with Crippen molar-refractivity contribution in [1.82, 2.24) is 14.5 Å². The summed E-state index contributed by atoms with van der Waals surface area (Å²) in [6, 6.07) is 15.1. The van der Waals surface area contributed by atoms with Gasteiger partial charge in [0.2, 0.25) is 0 Å². The molecule has 1 aliphatic rings. The van der Waals surface area contributed by atoms with Crippen LogP contribution in [0.1, 0.15) is 29.8 Å². The number of hydrogen-bond acceptors (Lipinski definition) is 4. The number of benzene rings is 1. The second kappa shape index (κ2) is 7.56. The maximum absolute atomic E-state index is 13.3. The van der Waals surface area contributed by atoms with Gasteiger partial charge in [-0.15, -0.1) is 0 Å². The molecule has 0 bridgehead atoms. The van der Waals surface area contributed by atoms with Crippen molar-refractivity contribution in [2.24, 2.45) is 0 Å². The molecular weight excluding hydrogens is 354 g/mol. The van der Waals surface area contributed by atoms with Crippen molar-refractivity contribution in [3.63, 3.8) is 0 Å². The molecular formula is C22H23N3O3. The molecule has 2 atom stereocenters. The third kappa shape index (κ3) is 3.55. The van der Waals surface area contributed by atoms with Gasteiger partial charge in [0.1, 0.15) is 11.2 Å². The highest BCUT2D eigenvalue weighted by molar-refractivity contribution is 5.97. The fourth-order valence-electron chi connectivity index (χ4n) is 3.79. The van der Waals surface area contributed by atoms with E-state index in [-0.39, 0.29) is 29.2 Å². The van der Waals surface area contributed by atoms with E-state index < -0.39 is 0 Å². The van der Waals surface area contributed by atoms with E-state index in [1.54, 1.807) is 21.7 Å². The highest BCUT2D eigenvalue weighted by atomic mass is 16.5. The number of carbonyl (C=O) groups is 1. The zero-order valence-electron chi connectivity index (χ0n) is 16.0. The molecule has 1 saturated heterocycles. The molecule has 1 amide bonds. The minimum absolute atomic E-state index is 0.0543. The molecule has 144 valence electrons. The Morgan fingerprint density at radius 1 is 1.11 bits per heavy atom. The number of ether oxygens (including phenoxy) is 1. The summed E-state index contributed by atoms with van der Waals surface area (Å²) in [5, 5.41) is 0.774. The van der Waals surface area contributed by atoms with Gasteiger partial charge in [0, 0.05) is 24.7 Å². The predicted molar refractivity (Wildman–Crippen MR) is 107 cm³/mol. The highest BCUT2D eigenvalue weighted by Gasteiger charge is 2.28. The van der Waals surface area contributed by atoms with E-state index in [2.05, 4.69) is 4.98 Å². The largest absolute Gasteiger partial charge is 0.372 e. The first-order valence-corrected chi connectivity index (χ1v) is 9.50. The van der Waals surface area contributed by atoms with Gasteiger partial charge in [-0.25, -0.2) is 4.98 Å². The Labute approximate surface area is 163 Å². The summed E-state index contributed by atoms with van der Waals surface area (Å²) in [7, 11) is 0. The third-order valence-electron chi connectivity index (χ3n) is 4.97. The Morgan fingerprint density at radius 2 is 1.82 bits per heavy atom. The van der Waals surface area contributed by atoms with Crippen molar-refractivity contribution in [1.29, 1.82) is 0 Å². The maximum Gasteiger partial charge on any atom is 0.265 e. The lowest BCUT2D eigenvalue weighted by Crippen LogP contribution is -2.49. The van der Waals surface area contributed by atoms with E-state index in [4.69, 9.17) is 4.74 Å². The Balaban J connectivity index is 1.80. The topological polar surface area (TPSA) is 64.4 Å². The van der Waals surface area contributed by atoms with E-state index in [9.17, 15) is 9.59 Å². The Morgan fingerprint density at radius 3 is 2.54 bits per heavy atom. The van der Waals surface area contributed by atoms with Crippen molar-refractivity contribution in [3.8, 4) is 0 Å². The molecule has 4 rings (SSSR count). The van der Waals surface area contributed by atoms with Crippen molar-refractivity contribution in [2.75, 3.05) is 13.1 Å². The number of hydrogen-bond donors (Lipinski definition) is 0. The molecule has 1 aliphatic heterocycles. The summed E-state index contributed by atoms with van der Waals surface area (Å²) < 4.78 is 7.31. The zero-order valence-corrected chi connectivity index (χ0v) is 16.0. The molecule has 6 heteroatoms. The van der Waals surface area contributed by atoms with Gasteiger partial charge >= 0.3 is 0 Å². The van der Waals surface area contributed by atoms with Gasteiger partial charge in [-0.3, -0.25) is 14.2 Å². The van der Waals surface area contributed by atoms with Gasteiger partial charge in [-0.1, -0.05) is 30.3 Å². The summed E-state index contributed by atoms with van der Waals surface area (Å²) >= 11 is 0. The maximum atomic E-state index is 13.3. The lowest BCUT2D eigenvalue weighted by Gasteiger charge is -2.35. The van der Waals surface area contributed by atoms with Gasteiger partial charge in [-0.05, 0) is 37.6 Å². The van der Waals surface area contributed by atoms with Crippen molar-refractivity contribution in [2.45, 2.75) is 32.6 Å². The monoisotopic (exact) mass is 377 g/mol. The number of rotatable bonds is 3. The smallest absolute Gasteiger partial charge is 0.265 e. The molecule has 0 unspecified atom stereocenters. The molecule has 3 heterocycles. The molecule has 3 aromatic rings. The number of carbonyl (C=O) groups excluding carboxylic acids is 1. The summed E-state index contributed by atoms with van der Waals surface area (Å²) in [5.74, 6) is -0.250. The van der Waals surface area contributed by atoms with E-state index in [0.29, 0.717) is 25.3 Å². The third-order valence-corrected chi connectivity index (χ3v) is 4.97. The van der Waals surface area contributed by atoms with Crippen LogP contribution in [0.3, 0.4) is 0 Å². The van der Waals surface area contributed by atoms with Crippen LogP contribution in [0, 0.1) is 0 Å². The van der Waals surface area contributed by atoms with E-state index in [1.165, 1.54) is 0 Å². The van der Waals surface area contributed by atoms with Crippen molar-refractivity contribution >= 4 is 16.9 Å². The molecule has 0 saturated carbocycles. The molecule has 0 radical (unpaired) electrons. The number of pyridine rings is 2. The molecule has 2 aromatic heterocycles. The van der Waals surface area contributed by atoms with Crippen LogP contribution in [0.15, 0.2) is 59.5 Å². The van der Waals surface area contributed by atoms with Gasteiger partial charge in [0.25, 0.3) is 11.5 Å². The Hall–Kier alpha value is -2.99. The molecule has 0 spiro atoms. The number of aromatic nitrogens is 2. The predicted octanol–water partition coefficient (Wildman–Crippen LogP) is 2.69. The van der Waals surface area contributed by atoms with E-state index in [0.717, 1.165) is 10.9 Å². The normalized spacial score (nSPS) is 19.7. The van der Waals surface area contributed by atoms with Crippen LogP contribution < -0.4 is 5.56 Å². The molecule has 28 heavy (non-hydrogen) atoms. The van der Waals surface area contributed by atoms with Crippen LogP contribution in [0.25, 0.3) is 11.0 Å². The van der Waals surface area contributed by atoms with Gasteiger partial charge < -0.3 is 9.64 Å². The fourth-order valence-corrected chi connectivity index (χ4v) is 3.79. The summed E-state index contributed by atoms with van der Waals surface area (Å²) in [4.78, 5) is 32.6. The number of morpholine rings is 1. The summed E-state index contributed by atoms with van der Waals surface area (Å²) in [5.41, 5.74) is 1.43. The summed E-state index contributed by atoms with van der Waals surface area (Å²) in [6.07, 6.45) is 1.55. The molecule has 0 N–H and O–H groups in total. The van der Waals surface area contributed by atoms with Gasteiger partial charge in [-0.2, -0.15) is 0 Å². The quantitative estimate of drug-likeness (QED) is 0.704. The first kappa shape index (κ1) is 18.4. The first-order chi connectivity index (χ1) is 13.5. The average Bonchev–Trinajstić information content (AvgIpc) is 2.69. The van der Waals surface area contributed by atoms with Gasteiger partial charge in [0.15, 0.2) is 0 Å². The van der Waals surface area contributed by atoms with Crippen LogP contribution in [-0.4, -0.2) is 45.7 Å². The second-order valence-corrected chi connectivity index (χ2v) is 7.32. The number of nitrogens with zero attached hydrogens (tertiary/aromatic N) is 3. The fraction of sp³-hybridized carbons (Fsp3) is 0.318. The Bertz CT molecular complexity index is 1050. The minimum Gasteiger partial charge on any atom is -0.372 e. The molecule has 1 aromatic carbocycles. The van der Waals surface area contributed by atoms with Crippen molar-refractivity contribution in [3.05, 3.63) is 76.2 Å². The minimum atomic E-state index is -0.313. The highest BCUT2D eigenvalue weighted by Crippen LogP contribution is 2.17. The van der Waals surface area contributed by atoms with Gasteiger partial charge in [0.05, 0.1) is 18.8 Å². The van der Waals surface area contributed by atoms with Crippen LogP contribution in [0.4, 0.5) is 0 Å². The van der Waals surface area contributed by atoms with Crippen LogP contribution in [0.2, 0.25) is 0 Å². The number of amides is 1. The van der Waals surface area contributed by atoms with Crippen LogP contribution >= 0.6 is 0 Å². The van der Waals surface area contributed by atoms with Crippen molar-refractivity contribution < 1.29 is 9.53 Å². The zero-order chi connectivity index (χ0) is 19.7. The molecule has 1 fully saturated rings. The lowest BCUT2D eigenvalue weighted by molar-refractivity contribution is -0.0586. The number of fused-ring (bicyclic) bond motifs is 1. The SMILES string of the molecule is C[C@H]1CN(C(=O)c2cc3cccnc3n(Cc3ccccc3)c2=O)C[C@H](C)O1. The van der Waals surface area contributed by atoms with E-state index >= 15 is 0 Å². The average molecular weight is 377 g/mol. The molecule has 0 aliphatic carbocycles. The Kier molecular flexibility index (Phi) is 4.96. The second-order valence-electron chi connectivity index (χ2n) is 7.32. The van der Waals surface area contributed by atoms with Crippen LogP contribution in [-0.2, 0) is 11.3 Å². The standard InChI is InChI=1S/C22H23N3O3/c1-15-12-24(13-16(2)28-15)21(26)19-11-18-9-6-10-23-20(18)25(22(19)27)14-17-7-4-3-5-8-17/h3-11,15-16H,12-14H2,1-2H3/t15-,16-/m0/s1. The lowest BCUT2D eigenvalue weighted by atomic mass is 10.1. The summed E-state index contributed by atoms with van der Waals surface area (Å²) in [6.45, 7) is 5.20. The first-order valence-electron chi connectivity index (χ1n) is 9.50. The van der Waals surface area contributed by atoms with Crippen LogP contribution in [0.5, 0.6) is 0 Å².